The van der Waals surface area contributed by atoms with Gasteiger partial charge in [-0.15, -0.1) is 0 Å². The van der Waals surface area contributed by atoms with Gasteiger partial charge in [0.05, 0.1) is 22.5 Å². The summed E-state index contributed by atoms with van der Waals surface area (Å²) in [7, 11) is 0. The number of para-hydroxylation sites is 1. The topological polar surface area (TPSA) is 54.0 Å². The molecule has 110 valence electrons. The molecule has 0 aliphatic rings. The van der Waals surface area contributed by atoms with Crippen LogP contribution in [-0.2, 0) is 0 Å². The van der Waals surface area contributed by atoms with Crippen molar-refractivity contribution in [2.45, 2.75) is 6.92 Å². The van der Waals surface area contributed by atoms with E-state index in [1.165, 1.54) is 12.1 Å². The Balaban J connectivity index is 1.84. The highest BCUT2D eigenvalue weighted by molar-refractivity contribution is 5.99. The van der Waals surface area contributed by atoms with E-state index in [1.807, 2.05) is 30.3 Å². The van der Waals surface area contributed by atoms with Crippen molar-refractivity contribution in [3.63, 3.8) is 0 Å². The van der Waals surface area contributed by atoms with Crippen LogP contribution in [0.2, 0.25) is 0 Å². The highest BCUT2D eigenvalue weighted by atomic mass is 19.1. The van der Waals surface area contributed by atoms with Crippen molar-refractivity contribution in [2.24, 2.45) is 0 Å². The monoisotopic (exact) mass is 295 g/mol. The van der Waals surface area contributed by atoms with Crippen LogP contribution in [0.1, 0.15) is 16.1 Å². The van der Waals surface area contributed by atoms with Gasteiger partial charge < -0.3 is 0 Å². The molecule has 0 aliphatic heterocycles. The molecule has 1 amide bonds. The highest BCUT2D eigenvalue weighted by Crippen LogP contribution is 2.17. The molecule has 0 fully saturated rings. The van der Waals surface area contributed by atoms with Gasteiger partial charge in [-0.25, -0.2) is 4.39 Å². The number of hydrazine groups is 1. The van der Waals surface area contributed by atoms with Crippen LogP contribution in [0.5, 0.6) is 0 Å². The van der Waals surface area contributed by atoms with Crippen molar-refractivity contribution in [1.29, 1.82) is 0 Å². The molecule has 2 N–H and O–H groups in total. The molecular weight excluding hydrogens is 281 g/mol. The Labute approximate surface area is 127 Å². The normalized spacial score (nSPS) is 10.5. The quantitative estimate of drug-likeness (QED) is 0.728. The average Bonchev–Trinajstić information content (AvgIpc) is 2.53. The number of nitrogens with zero attached hydrogens (tertiary/aromatic N) is 1. The maximum Gasteiger partial charge on any atom is 0.271 e. The average molecular weight is 295 g/mol. The van der Waals surface area contributed by atoms with Crippen molar-refractivity contribution in [2.75, 3.05) is 5.43 Å². The standard InChI is InChI=1S/C17H14FN3O/c1-11-15(9-12-7-8-13(18)10-16(12)19-11)17(22)21-20-14-5-3-2-4-6-14/h2-10,20H,1H3,(H,21,22). The second kappa shape index (κ2) is 5.81. The van der Waals surface area contributed by atoms with E-state index in [0.29, 0.717) is 16.8 Å². The summed E-state index contributed by atoms with van der Waals surface area (Å²) in [4.78, 5) is 16.5. The van der Waals surface area contributed by atoms with Crippen molar-refractivity contribution in [3.05, 3.63) is 71.7 Å². The molecule has 0 spiro atoms. The minimum absolute atomic E-state index is 0.292. The molecule has 3 rings (SSSR count). The van der Waals surface area contributed by atoms with Crippen LogP contribution in [0.4, 0.5) is 10.1 Å². The number of aryl methyl sites for hydroxylation is 1. The summed E-state index contributed by atoms with van der Waals surface area (Å²) < 4.78 is 13.2. The van der Waals surface area contributed by atoms with Crippen LogP contribution >= 0.6 is 0 Å². The third-order valence-corrected chi connectivity index (χ3v) is 3.31. The van der Waals surface area contributed by atoms with E-state index in [0.717, 1.165) is 11.1 Å². The van der Waals surface area contributed by atoms with E-state index >= 15 is 0 Å². The van der Waals surface area contributed by atoms with Crippen LogP contribution in [0.3, 0.4) is 0 Å². The molecule has 0 aliphatic carbocycles. The Morgan fingerprint density at radius 2 is 1.86 bits per heavy atom. The third-order valence-electron chi connectivity index (χ3n) is 3.31. The third kappa shape index (κ3) is 2.88. The molecule has 3 aromatic rings. The first kappa shape index (κ1) is 14.0. The highest BCUT2D eigenvalue weighted by Gasteiger charge is 2.11. The summed E-state index contributed by atoms with van der Waals surface area (Å²) in [6.07, 6.45) is 0. The molecule has 0 saturated carbocycles. The second-order valence-electron chi connectivity index (χ2n) is 4.90. The van der Waals surface area contributed by atoms with Gasteiger partial charge in [-0.3, -0.25) is 20.6 Å². The first-order chi connectivity index (χ1) is 10.6. The van der Waals surface area contributed by atoms with Gasteiger partial charge in [-0.1, -0.05) is 18.2 Å². The number of rotatable bonds is 3. The molecule has 0 saturated heterocycles. The smallest absolute Gasteiger partial charge is 0.271 e. The van der Waals surface area contributed by atoms with E-state index in [1.54, 1.807) is 19.1 Å². The molecule has 0 bridgehead atoms. The molecule has 0 atom stereocenters. The molecular formula is C17H14FN3O. The van der Waals surface area contributed by atoms with Gasteiger partial charge in [0.15, 0.2) is 0 Å². The van der Waals surface area contributed by atoms with E-state index in [9.17, 15) is 9.18 Å². The van der Waals surface area contributed by atoms with Crippen LogP contribution in [0.25, 0.3) is 10.9 Å². The van der Waals surface area contributed by atoms with E-state index in [-0.39, 0.29) is 11.7 Å². The summed E-state index contributed by atoms with van der Waals surface area (Å²) in [5.74, 6) is -0.637. The van der Waals surface area contributed by atoms with Crippen LogP contribution in [0.15, 0.2) is 54.6 Å². The Bertz CT molecular complexity index is 834. The largest absolute Gasteiger partial charge is 0.298 e. The number of carbonyl (C=O) groups is 1. The summed E-state index contributed by atoms with van der Waals surface area (Å²) in [5.41, 5.74) is 7.78. The first-order valence-corrected chi connectivity index (χ1v) is 6.82. The number of pyridine rings is 1. The number of nitrogens with one attached hydrogen (secondary N) is 2. The zero-order chi connectivity index (χ0) is 15.5. The van der Waals surface area contributed by atoms with Gasteiger partial charge in [-0.2, -0.15) is 0 Å². The van der Waals surface area contributed by atoms with Crippen LogP contribution in [0, 0.1) is 12.7 Å². The maximum atomic E-state index is 13.2. The molecule has 2 aromatic carbocycles. The lowest BCUT2D eigenvalue weighted by atomic mass is 10.1. The summed E-state index contributed by atoms with van der Waals surface area (Å²) in [5, 5.41) is 0.719. The number of aromatic nitrogens is 1. The summed E-state index contributed by atoms with van der Waals surface area (Å²) >= 11 is 0. The SMILES string of the molecule is Cc1nc2cc(F)ccc2cc1C(=O)NNc1ccccc1. The lowest BCUT2D eigenvalue weighted by molar-refractivity contribution is 0.0962. The van der Waals surface area contributed by atoms with E-state index in [4.69, 9.17) is 0 Å². The fourth-order valence-corrected chi connectivity index (χ4v) is 2.18. The second-order valence-corrected chi connectivity index (χ2v) is 4.90. The number of benzene rings is 2. The van der Waals surface area contributed by atoms with E-state index < -0.39 is 0 Å². The first-order valence-electron chi connectivity index (χ1n) is 6.82. The van der Waals surface area contributed by atoms with Gasteiger partial charge in [0, 0.05) is 11.5 Å². The molecule has 4 nitrogen and oxygen atoms in total. The Morgan fingerprint density at radius 3 is 2.64 bits per heavy atom. The zero-order valence-electron chi connectivity index (χ0n) is 11.9. The lowest BCUT2D eigenvalue weighted by Crippen LogP contribution is -2.30. The van der Waals surface area contributed by atoms with Crippen LogP contribution < -0.4 is 10.9 Å². The van der Waals surface area contributed by atoms with E-state index in [2.05, 4.69) is 15.8 Å². The molecule has 0 unspecified atom stereocenters. The number of carbonyl (C=O) groups excluding carboxylic acids is 1. The summed E-state index contributed by atoms with van der Waals surface area (Å²) in [6, 6.07) is 15.3. The minimum atomic E-state index is -0.345. The number of halogens is 1. The summed E-state index contributed by atoms with van der Waals surface area (Å²) in [6.45, 7) is 1.72. The Hall–Kier alpha value is -2.95. The van der Waals surface area contributed by atoms with Gasteiger partial charge >= 0.3 is 0 Å². The fourth-order valence-electron chi connectivity index (χ4n) is 2.18. The number of anilines is 1. The van der Waals surface area contributed by atoms with Gasteiger partial charge in [0.2, 0.25) is 0 Å². The zero-order valence-corrected chi connectivity index (χ0v) is 11.9. The minimum Gasteiger partial charge on any atom is -0.298 e. The van der Waals surface area contributed by atoms with Gasteiger partial charge in [0.1, 0.15) is 5.82 Å². The number of amides is 1. The number of fused-ring (bicyclic) bond motifs is 1. The number of hydrogen-bond donors (Lipinski definition) is 2. The Kier molecular flexibility index (Phi) is 3.70. The molecule has 22 heavy (non-hydrogen) atoms. The Morgan fingerprint density at radius 1 is 1.09 bits per heavy atom. The molecule has 5 heteroatoms. The predicted molar refractivity (Wildman–Crippen MR) is 84.0 cm³/mol. The van der Waals surface area contributed by atoms with Crippen molar-refractivity contribution in [1.82, 2.24) is 10.4 Å². The molecule has 0 radical (unpaired) electrons. The maximum absolute atomic E-state index is 13.2. The van der Waals surface area contributed by atoms with Gasteiger partial charge in [0.25, 0.3) is 5.91 Å². The fraction of sp³-hybridized carbons (Fsp3) is 0.0588. The predicted octanol–water partition coefficient (Wildman–Crippen LogP) is 3.44. The van der Waals surface area contributed by atoms with Crippen LogP contribution in [-0.4, -0.2) is 10.9 Å². The van der Waals surface area contributed by atoms with Gasteiger partial charge in [-0.05, 0) is 37.3 Å². The van der Waals surface area contributed by atoms with Crippen molar-refractivity contribution >= 4 is 22.5 Å². The molecule has 1 aromatic heterocycles. The molecule has 1 heterocycles. The van der Waals surface area contributed by atoms with Crippen molar-refractivity contribution in [3.8, 4) is 0 Å². The van der Waals surface area contributed by atoms with Crippen molar-refractivity contribution < 1.29 is 9.18 Å². The lowest BCUT2D eigenvalue weighted by Gasteiger charge is -2.10. The number of hydrogen-bond acceptors (Lipinski definition) is 3.